The minimum atomic E-state index is 0.798. The zero-order valence-corrected chi connectivity index (χ0v) is 15.6. The lowest BCUT2D eigenvalue weighted by atomic mass is 10.2. The van der Waals surface area contributed by atoms with Gasteiger partial charge in [-0.3, -0.25) is 9.67 Å². The number of aryl methyl sites for hydroxylation is 1. The number of nitrogens with zero attached hydrogens (tertiary/aromatic N) is 4. The lowest BCUT2D eigenvalue weighted by Gasteiger charge is -2.23. The van der Waals surface area contributed by atoms with Crippen molar-refractivity contribution < 1.29 is 0 Å². The number of aliphatic imine (C=N–C) groups is 1. The zero-order valence-electron chi connectivity index (χ0n) is 15.6. The maximum Gasteiger partial charge on any atom is 0.191 e. The molecule has 0 bridgehead atoms. The molecule has 0 atom stereocenters. The van der Waals surface area contributed by atoms with Gasteiger partial charge in [-0.05, 0) is 38.0 Å². The van der Waals surface area contributed by atoms with Gasteiger partial charge < -0.3 is 15.5 Å². The van der Waals surface area contributed by atoms with E-state index in [0.717, 1.165) is 45.1 Å². The Kier molecular flexibility index (Phi) is 7.82. The zero-order chi connectivity index (χ0) is 17.9. The van der Waals surface area contributed by atoms with Gasteiger partial charge in [-0.25, -0.2) is 0 Å². The highest BCUT2D eigenvalue weighted by atomic mass is 15.3. The smallest absolute Gasteiger partial charge is 0.191 e. The van der Waals surface area contributed by atoms with E-state index in [4.69, 9.17) is 0 Å². The first-order chi connectivity index (χ1) is 12.2. The summed E-state index contributed by atoms with van der Waals surface area (Å²) in [5.41, 5.74) is 2.46. The quantitative estimate of drug-likeness (QED) is 0.417. The fourth-order valence-corrected chi connectivity index (χ4v) is 2.68. The standard InChI is InChI=1S/C19H30N6/c1-4-24(18-9-6-5-7-10-18)13-8-11-21-19(20-3)22-12-14-25-16-17(2)15-23-25/h5-7,9-10,15-16H,4,8,11-14H2,1-3H3,(H2,20,21,22). The van der Waals surface area contributed by atoms with Crippen molar-refractivity contribution in [2.45, 2.75) is 26.8 Å². The maximum atomic E-state index is 4.28. The topological polar surface area (TPSA) is 57.5 Å². The number of guanidine groups is 1. The molecule has 0 aliphatic heterocycles. The number of hydrogen-bond acceptors (Lipinski definition) is 3. The number of anilines is 1. The van der Waals surface area contributed by atoms with Crippen LogP contribution in [0.5, 0.6) is 0 Å². The molecule has 1 aromatic heterocycles. The number of nitrogens with one attached hydrogen (secondary N) is 2. The van der Waals surface area contributed by atoms with E-state index in [-0.39, 0.29) is 0 Å². The van der Waals surface area contributed by atoms with Gasteiger partial charge in [0.2, 0.25) is 0 Å². The largest absolute Gasteiger partial charge is 0.372 e. The second-order valence-corrected chi connectivity index (χ2v) is 5.98. The molecule has 0 saturated heterocycles. The van der Waals surface area contributed by atoms with Crippen LogP contribution in [0.15, 0.2) is 47.7 Å². The highest BCUT2D eigenvalue weighted by Crippen LogP contribution is 2.12. The van der Waals surface area contributed by atoms with Crippen molar-refractivity contribution in [1.82, 2.24) is 20.4 Å². The first-order valence-electron chi connectivity index (χ1n) is 8.96. The van der Waals surface area contributed by atoms with Crippen LogP contribution in [-0.2, 0) is 6.54 Å². The normalized spacial score (nSPS) is 11.4. The predicted molar refractivity (Wildman–Crippen MR) is 105 cm³/mol. The van der Waals surface area contributed by atoms with Crippen LogP contribution in [0, 0.1) is 6.92 Å². The molecule has 2 aromatic rings. The molecule has 0 saturated carbocycles. The van der Waals surface area contributed by atoms with Crippen molar-refractivity contribution >= 4 is 11.6 Å². The average Bonchev–Trinajstić information content (AvgIpc) is 3.06. The molecule has 1 heterocycles. The molecule has 2 N–H and O–H groups in total. The van der Waals surface area contributed by atoms with Crippen LogP contribution in [-0.4, -0.2) is 49.0 Å². The predicted octanol–water partition coefficient (Wildman–Crippen LogP) is 2.27. The van der Waals surface area contributed by atoms with Crippen molar-refractivity contribution in [3.8, 4) is 0 Å². The van der Waals surface area contributed by atoms with E-state index in [1.165, 1.54) is 11.3 Å². The molecule has 1 aromatic carbocycles. The van der Waals surface area contributed by atoms with E-state index < -0.39 is 0 Å². The average molecular weight is 342 g/mol. The number of rotatable bonds is 9. The molecule has 136 valence electrons. The first kappa shape index (κ1) is 18.8. The number of hydrogen-bond donors (Lipinski definition) is 2. The second-order valence-electron chi connectivity index (χ2n) is 5.98. The number of aromatic nitrogens is 2. The summed E-state index contributed by atoms with van der Waals surface area (Å²) < 4.78 is 1.94. The van der Waals surface area contributed by atoms with Crippen LogP contribution in [0.1, 0.15) is 18.9 Å². The maximum absolute atomic E-state index is 4.28. The molecule has 0 aliphatic rings. The minimum absolute atomic E-state index is 0.798. The Morgan fingerprint density at radius 2 is 1.96 bits per heavy atom. The Morgan fingerprint density at radius 1 is 1.20 bits per heavy atom. The minimum Gasteiger partial charge on any atom is -0.372 e. The monoisotopic (exact) mass is 342 g/mol. The van der Waals surface area contributed by atoms with Crippen molar-refractivity contribution in [3.63, 3.8) is 0 Å². The van der Waals surface area contributed by atoms with Crippen LogP contribution >= 0.6 is 0 Å². The lowest BCUT2D eigenvalue weighted by Crippen LogP contribution is -2.40. The summed E-state index contributed by atoms with van der Waals surface area (Å²) in [5, 5.41) is 11.0. The first-order valence-corrected chi connectivity index (χ1v) is 8.96. The van der Waals surface area contributed by atoms with Crippen molar-refractivity contribution in [2.24, 2.45) is 4.99 Å². The summed E-state index contributed by atoms with van der Waals surface area (Å²) in [6.07, 6.45) is 4.97. The Hall–Kier alpha value is -2.50. The molecule has 6 heteroatoms. The van der Waals surface area contributed by atoms with Crippen LogP contribution in [0.25, 0.3) is 0 Å². The highest BCUT2D eigenvalue weighted by molar-refractivity contribution is 5.79. The van der Waals surface area contributed by atoms with Crippen molar-refractivity contribution in [3.05, 3.63) is 48.3 Å². The summed E-state index contributed by atoms with van der Waals surface area (Å²) >= 11 is 0. The summed E-state index contributed by atoms with van der Waals surface area (Å²) in [6, 6.07) is 10.5. The molecule has 0 spiro atoms. The van der Waals surface area contributed by atoms with Gasteiger partial charge in [0.05, 0.1) is 12.7 Å². The summed E-state index contributed by atoms with van der Waals surface area (Å²) in [7, 11) is 1.80. The Balaban J connectivity index is 1.65. The lowest BCUT2D eigenvalue weighted by molar-refractivity contribution is 0.596. The molecular weight excluding hydrogens is 312 g/mol. The summed E-state index contributed by atoms with van der Waals surface area (Å²) in [6.45, 7) is 8.80. The van der Waals surface area contributed by atoms with Gasteiger partial charge in [-0.2, -0.15) is 5.10 Å². The van der Waals surface area contributed by atoms with Crippen LogP contribution in [0.4, 0.5) is 5.69 Å². The molecule has 0 radical (unpaired) electrons. The fraction of sp³-hybridized carbons (Fsp3) is 0.474. The number of benzene rings is 1. The Labute approximate surface area is 151 Å². The van der Waals surface area contributed by atoms with Gasteiger partial charge in [0.25, 0.3) is 0 Å². The molecule has 0 aliphatic carbocycles. The van der Waals surface area contributed by atoms with E-state index >= 15 is 0 Å². The van der Waals surface area contributed by atoms with Crippen LogP contribution < -0.4 is 15.5 Å². The third-order valence-electron chi connectivity index (χ3n) is 4.02. The molecule has 0 unspecified atom stereocenters. The van der Waals surface area contributed by atoms with Crippen molar-refractivity contribution in [2.75, 3.05) is 38.1 Å². The van der Waals surface area contributed by atoms with E-state index in [0.29, 0.717) is 0 Å². The third-order valence-corrected chi connectivity index (χ3v) is 4.02. The molecule has 0 fully saturated rings. The van der Waals surface area contributed by atoms with Crippen LogP contribution in [0.2, 0.25) is 0 Å². The SMILES string of the molecule is CCN(CCCNC(=NC)NCCn1cc(C)cn1)c1ccccc1. The third kappa shape index (κ3) is 6.49. The Bertz CT molecular complexity index is 634. The van der Waals surface area contributed by atoms with Gasteiger partial charge in [-0.15, -0.1) is 0 Å². The van der Waals surface area contributed by atoms with Gasteiger partial charge in [-0.1, -0.05) is 18.2 Å². The van der Waals surface area contributed by atoms with Crippen molar-refractivity contribution in [1.29, 1.82) is 0 Å². The van der Waals surface area contributed by atoms with E-state index in [1.54, 1.807) is 7.05 Å². The fourth-order valence-electron chi connectivity index (χ4n) is 2.68. The van der Waals surface area contributed by atoms with Gasteiger partial charge in [0, 0.05) is 45.1 Å². The molecule has 0 amide bonds. The van der Waals surface area contributed by atoms with Gasteiger partial charge in [0.1, 0.15) is 0 Å². The Morgan fingerprint density at radius 3 is 2.60 bits per heavy atom. The molecular formula is C19H30N6. The molecule has 2 rings (SSSR count). The van der Waals surface area contributed by atoms with E-state index in [1.807, 2.05) is 24.0 Å². The van der Waals surface area contributed by atoms with E-state index in [2.05, 4.69) is 62.9 Å². The van der Waals surface area contributed by atoms with Gasteiger partial charge >= 0.3 is 0 Å². The van der Waals surface area contributed by atoms with Gasteiger partial charge in [0.15, 0.2) is 5.96 Å². The van der Waals surface area contributed by atoms with Crippen LogP contribution in [0.3, 0.4) is 0 Å². The summed E-state index contributed by atoms with van der Waals surface area (Å²) in [5.74, 6) is 0.839. The number of para-hydroxylation sites is 1. The van der Waals surface area contributed by atoms with E-state index in [9.17, 15) is 0 Å². The molecule has 25 heavy (non-hydrogen) atoms. The highest BCUT2D eigenvalue weighted by Gasteiger charge is 2.03. The molecule has 6 nitrogen and oxygen atoms in total. The second kappa shape index (κ2) is 10.4. The summed E-state index contributed by atoms with van der Waals surface area (Å²) in [4.78, 5) is 6.66.